The quantitative estimate of drug-likeness (QED) is 0.860. The third-order valence-electron chi connectivity index (χ3n) is 2.37. The number of hydrogen-bond acceptors (Lipinski definition) is 3. The number of halogens is 1. The second kappa shape index (κ2) is 4.79. The summed E-state index contributed by atoms with van der Waals surface area (Å²) in [5.74, 6) is 0.587. The van der Waals surface area contributed by atoms with Gasteiger partial charge in [0.15, 0.2) is 0 Å². The van der Waals surface area contributed by atoms with Crippen molar-refractivity contribution in [3.05, 3.63) is 47.6 Å². The maximum absolute atomic E-state index is 13.3. The molecule has 1 N–H and O–H groups in total. The van der Waals surface area contributed by atoms with Crippen LogP contribution in [0.2, 0.25) is 0 Å². The van der Waals surface area contributed by atoms with E-state index in [2.05, 4.69) is 10.3 Å². The maximum Gasteiger partial charge on any atom is 0.294 e. The van der Waals surface area contributed by atoms with E-state index in [0.717, 1.165) is 5.76 Å². The van der Waals surface area contributed by atoms with Gasteiger partial charge in [0.1, 0.15) is 11.6 Å². The molecule has 0 fully saturated rings. The minimum Gasteiger partial charge on any atom is -0.429 e. The number of aryl methyl sites for hydroxylation is 2. The Hall–Kier alpha value is -1.84. The number of hydrogen-bond donors (Lipinski definition) is 1. The smallest absolute Gasteiger partial charge is 0.294 e. The van der Waals surface area contributed by atoms with Gasteiger partial charge in [0.2, 0.25) is 0 Å². The Morgan fingerprint density at radius 2 is 2.12 bits per heavy atom. The zero-order valence-electron chi connectivity index (χ0n) is 9.03. The fourth-order valence-corrected chi connectivity index (χ4v) is 1.50. The molecule has 0 saturated carbocycles. The highest BCUT2D eigenvalue weighted by atomic mass is 19.1. The Morgan fingerprint density at radius 3 is 2.81 bits per heavy atom. The number of rotatable bonds is 4. The van der Waals surface area contributed by atoms with E-state index in [0.29, 0.717) is 24.4 Å². The molecular weight excluding hydrogens is 207 g/mol. The Kier molecular flexibility index (Phi) is 3.19. The molecule has 0 aliphatic rings. The van der Waals surface area contributed by atoms with E-state index in [1.54, 1.807) is 25.4 Å². The first-order chi connectivity index (χ1) is 7.79. The van der Waals surface area contributed by atoms with Gasteiger partial charge in [0.25, 0.3) is 6.01 Å². The molecule has 0 aliphatic carbocycles. The molecule has 0 radical (unpaired) electrons. The fraction of sp³-hybridized carbons (Fsp3) is 0.250. The molecule has 4 heteroatoms. The molecule has 0 amide bonds. The zero-order chi connectivity index (χ0) is 11.4. The maximum atomic E-state index is 13.3. The molecule has 0 aliphatic heterocycles. The van der Waals surface area contributed by atoms with Crippen molar-refractivity contribution in [2.24, 2.45) is 0 Å². The van der Waals surface area contributed by atoms with Crippen LogP contribution >= 0.6 is 0 Å². The molecule has 0 spiro atoms. The summed E-state index contributed by atoms with van der Waals surface area (Å²) in [4.78, 5) is 4.00. The first-order valence-corrected chi connectivity index (χ1v) is 5.15. The molecule has 2 aromatic rings. The van der Waals surface area contributed by atoms with Gasteiger partial charge in [-0.1, -0.05) is 18.2 Å². The number of oxazole rings is 1. The van der Waals surface area contributed by atoms with Crippen LogP contribution < -0.4 is 5.32 Å². The number of benzene rings is 1. The summed E-state index contributed by atoms with van der Waals surface area (Å²) in [5, 5.41) is 2.81. The molecule has 1 heterocycles. The van der Waals surface area contributed by atoms with Crippen molar-refractivity contribution in [3.8, 4) is 0 Å². The summed E-state index contributed by atoms with van der Waals surface area (Å²) in [5.41, 5.74) is 0.699. The number of nitrogens with one attached hydrogen (secondary N) is 1. The first-order valence-electron chi connectivity index (χ1n) is 5.15. The zero-order valence-corrected chi connectivity index (χ0v) is 9.03. The number of anilines is 1. The van der Waals surface area contributed by atoms with Gasteiger partial charge >= 0.3 is 0 Å². The van der Waals surface area contributed by atoms with Crippen LogP contribution in [0.1, 0.15) is 11.3 Å². The summed E-state index contributed by atoms with van der Waals surface area (Å²) < 4.78 is 18.7. The fourth-order valence-electron chi connectivity index (χ4n) is 1.50. The predicted molar refractivity (Wildman–Crippen MR) is 59.9 cm³/mol. The van der Waals surface area contributed by atoms with Crippen molar-refractivity contribution in [1.82, 2.24) is 4.98 Å². The van der Waals surface area contributed by atoms with Gasteiger partial charge < -0.3 is 9.73 Å². The van der Waals surface area contributed by atoms with E-state index in [9.17, 15) is 4.39 Å². The largest absolute Gasteiger partial charge is 0.429 e. The van der Waals surface area contributed by atoms with Gasteiger partial charge in [-0.2, -0.15) is 0 Å². The van der Waals surface area contributed by atoms with Gasteiger partial charge in [-0.25, -0.2) is 9.37 Å². The van der Waals surface area contributed by atoms with Crippen LogP contribution in [0, 0.1) is 5.82 Å². The molecular formula is C12H13FN2O. The second-order valence-electron chi connectivity index (χ2n) is 3.47. The topological polar surface area (TPSA) is 38.1 Å². The van der Waals surface area contributed by atoms with E-state index in [1.165, 1.54) is 6.07 Å². The lowest BCUT2D eigenvalue weighted by molar-refractivity contribution is 0.515. The molecule has 0 saturated heterocycles. The third kappa shape index (κ3) is 2.39. The lowest BCUT2D eigenvalue weighted by atomic mass is 10.1. The van der Waals surface area contributed by atoms with Crippen LogP contribution in [0.3, 0.4) is 0 Å². The lowest BCUT2D eigenvalue weighted by Gasteiger charge is -2.00. The molecule has 1 aromatic heterocycles. The monoisotopic (exact) mass is 220 g/mol. The van der Waals surface area contributed by atoms with Gasteiger partial charge in [-0.3, -0.25) is 0 Å². The highest BCUT2D eigenvalue weighted by molar-refractivity contribution is 5.21. The summed E-state index contributed by atoms with van der Waals surface area (Å²) in [6.07, 6.45) is 2.92. The predicted octanol–water partition coefficient (Wildman–Crippen LogP) is 2.64. The molecule has 0 bridgehead atoms. The highest BCUT2D eigenvalue weighted by Gasteiger charge is 2.05. The second-order valence-corrected chi connectivity index (χ2v) is 3.47. The van der Waals surface area contributed by atoms with E-state index < -0.39 is 0 Å². The van der Waals surface area contributed by atoms with E-state index >= 15 is 0 Å². The van der Waals surface area contributed by atoms with Crippen LogP contribution in [0.25, 0.3) is 0 Å². The van der Waals surface area contributed by atoms with Crippen LogP contribution in [-0.2, 0) is 12.8 Å². The van der Waals surface area contributed by atoms with Crippen LogP contribution in [0.5, 0.6) is 0 Å². The Bertz CT molecular complexity index is 468. The Balaban J connectivity index is 1.99. The van der Waals surface area contributed by atoms with E-state index in [1.807, 2.05) is 6.07 Å². The normalized spacial score (nSPS) is 10.4. The van der Waals surface area contributed by atoms with Crippen molar-refractivity contribution in [2.45, 2.75) is 12.8 Å². The average Bonchev–Trinajstić information content (AvgIpc) is 2.76. The molecule has 0 atom stereocenters. The van der Waals surface area contributed by atoms with E-state index in [-0.39, 0.29) is 5.82 Å². The Morgan fingerprint density at radius 1 is 1.31 bits per heavy atom. The molecule has 84 valence electrons. The average molecular weight is 220 g/mol. The molecule has 0 unspecified atom stereocenters. The molecule has 2 rings (SSSR count). The summed E-state index contributed by atoms with van der Waals surface area (Å²) in [6.45, 7) is 0. The van der Waals surface area contributed by atoms with Gasteiger partial charge in [-0.15, -0.1) is 0 Å². The SMILES string of the molecule is CNc1ncc(CCc2ccccc2F)o1. The number of nitrogens with zero attached hydrogens (tertiary/aromatic N) is 1. The van der Waals surface area contributed by atoms with Gasteiger partial charge in [-0.05, 0) is 18.1 Å². The van der Waals surface area contributed by atoms with E-state index in [4.69, 9.17) is 4.42 Å². The minimum absolute atomic E-state index is 0.171. The summed E-state index contributed by atoms with van der Waals surface area (Å²) >= 11 is 0. The molecule has 16 heavy (non-hydrogen) atoms. The summed E-state index contributed by atoms with van der Waals surface area (Å²) in [7, 11) is 1.74. The van der Waals surface area contributed by atoms with Crippen molar-refractivity contribution in [3.63, 3.8) is 0 Å². The van der Waals surface area contributed by atoms with Crippen LogP contribution in [0.4, 0.5) is 10.4 Å². The van der Waals surface area contributed by atoms with Crippen LogP contribution in [-0.4, -0.2) is 12.0 Å². The van der Waals surface area contributed by atoms with Crippen LogP contribution in [0.15, 0.2) is 34.9 Å². The van der Waals surface area contributed by atoms with Gasteiger partial charge in [0, 0.05) is 13.5 Å². The van der Waals surface area contributed by atoms with Crippen molar-refractivity contribution in [2.75, 3.05) is 12.4 Å². The third-order valence-corrected chi connectivity index (χ3v) is 2.37. The van der Waals surface area contributed by atoms with Crippen molar-refractivity contribution < 1.29 is 8.81 Å². The summed E-state index contributed by atoms with van der Waals surface area (Å²) in [6, 6.07) is 7.26. The van der Waals surface area contributed by atoms with Gasteiger partial charge in [0.05, 0.1) is 6.20 Å². The molecule has 3 nitrogen and oxygen atoms in total. The van der Waals surface area contributed by atoms with Crippen molar-refractivity contribution >= 4 is 6.01 Å². The lowest BCUT2D eigenvalue weighted by Crippen LogP contribution is -1.93. The first kappa shape index (κ1) is 10.7. The standard InChI is InChI=1S/C12H13FN2O/c1-14-12-15-8-10(16-12)7-6-9-4-2-3-5-11(9)13/h2-5,8H,6-7H2,1H3,(H,14,15). The molecule has 1 aromatic carbocycles. The van der Waals surface area contributed by atoms with Crippen molar-refractivity contribution in [1.29, 1.82) is 0 Å². The Labute approximate surface area is 93.3 Å². The minimum atomic E-state index is -0.171. The highest BCUT2D eigenvalue weighted by Crippen LogP contribution is 2.13. The number of aromatic nitrogens is 1.